The highest BCUT2D eigenvalue weighted by atomic mass is 14.9. The number of allylic oxidation sites excluding steroid dienone is 3. The maximum absolute atomic E-state index is 4.65. The van der Waals surface area contributed by atoms with E-state index >= 15 is 0 Å². The molecule has 1 saturated heterocycles. The molecule has 19 heavy (non-hydrogen) atoms. The van der Waals surface area contributed by atoms with Crippen molar-refractivity contribution in [3.8, 4) is 0 Å². The summed E-state index contributed by atoms with van der Waals surface area (Å²) in [5, 5.41) is 6.85. The van der Waals surface area contributed by atoms with Gasteiger partial charge >= 0.3 is 0 Å². The van der Waals surface area contributed by atoms with Crippen LogP contribution >= 0.6 is 0 Å². The van der Waals surface area contributed by atoms with Gasteiger partial charge in [0.15, 0.2) is 0 Å². The molecule has 2 N–H and O–H groups in total. The van der Waals surface area contributed by atoms with Crippen molar-refractivity contribution in [2.75, 3.05) is 19.6 Å². The molecule has 104 valence electrons. The van der Waals surface area contributed by atoms with Gasteiger partial charge < -0.3 is 10.6 Å². The summed E-state index contributed by atoms with van der Waals surface area (Å²) in [6.45, 7) is 15.7. The maximum atomic E-state index is 4.65. The lowest BCUT2D eigenvalue weighted by Crippen LogP contribution is -2.34. The van der Waals surface area contributed by atoms with Gasteiger partial charge in [-0.05, 0) is 51.3 Å². The second-order valence-electron chi connectivity index (χ2n) is 5.74. The van der Waals surface area contributed by atoms with Crippen LogP contribution in [0.25, 0.3) is 0 Å². The molecule has 0 aliphatic carbocycles. The number of hydrogen-bond acceptors (Lipinski definition) is 3. The normalized spacial score (nSPS) is 20.4. The van der Waals surface area contributed by atoms with Crippen molar-refractivity contribution in [1.29, 1.82) is 0 Å². The van der Waals surface area contributed by atoms with Gasteiger partial charge in [0.25, 0.3) is 0 Å². The monoisotopic (exact) mass is 259 g/mol. The van der Waals surface area contributed by atoms with E-state index in [-0.39, 0.29) is 0 Å². The fourth-order valence-corrected chi connectivity index (χ4v) is 2.63. The topological polar surface area (TPSA) is 36.4 Å². The molecule has 2 aliphatic heterocycles. The number of aliphatic imine (C=N–C) groups is 1. The van der Waals surface area contributed by atoms with Crippen LogP contribution in [0, 0.1) is 5.92 Å². The van der Waals surface area contributed by atoms with E-state index in [1.807, 2.05) is 0 Å². The molecule has 0 aromatic heterocycles. The zero-order valence-electron chi connectivity index (χ0n) is 12.2. The predicted octanol–water partition coefficient (Wildman–Crippen LogP) is 2.78. The standard InChI is InChI=1S/C16H25N3/c1-11(2)16-12(3)9-15(19-16)13(4)18-10-14-5-7-17-8-6-14/h14,17-18H,3-10H2,1-2H3. The highest BCUT2D eigenvalue weighted by Gasteiger charge is 2.19. The molecule has 0 spiro atoms. The summed E-state index contributed by atoms with van der Waals surface area (Å²) in [6, 6.07) is 0. The molecule has 2 aliphatic rings. The zero-order valence-corrected chi connectivity index (χ0v) is 12.2. The van der Waals surface area contributed by atoms with Gasteiger partial charge in [0.05, 0.1) is 11.4 Å². The minimum atomic E-state index is 0.756. The Hall–Kier alpha value is -1.35. The van der Waals surface area contributed by atoms with Crippen LogP contribution in [-0.4, -0.2) is 25.3 Å². The Morgan fingerprint density at radius 3 is 2.63 bits per heavy atom. The summed E-state index contributed by atoms with van der Waals surface area (Å²) in [5.41, 5.74) is 5.41. The molecule has 2 rings (SSSR count). The zero-order chi connectivity index (χ0) is 13.8. The minimum absolute atomic E-state index is 0.756. The predicted molar refractivity (Wildman–Crippen MR) is 82.3 cm³/mol. The molecule has 0 bridgehead atoms. The molecule has 0 aromatic carbocycles. The Morgan fingerprint density at radius 1 is 1.37 bits per heavy atom. The summed E-state index contributed by atoms with van der Waals surface area (Å²) < 4.78 is 0. The van der Waals surface area contributed by atoms with Gasteiger partial charge in [-0.2, -0.15) is 0 Å². The molecular weight excluding hydrogens is 234 g/mol. The molecule has 0 amide bonds. The number of nitrogens with zero attached hydrogens (tertiary/aromatic N) is 1. The molecule has 3 heteroatoms. The van der Waals surface area contributed by atoms with Gasteiger partial charge in [0.2, 0.25) is 0 Å². The molecule has 0 unspecified atom stereocenters. The highest BCUT2D eigenvalue weighted by Crippen LogP contribution is 2.27. The number of hydrogen-bond donors (Lipinski definition) is 2. The first-order valence-electron chi connectivity index (χ1n) is 7.15. The van der Waals surface area contributed by atoms with Gasteiger partial charge in [0, 0.05) is 18.7 Å². The van der Waals surface area contributed by atoms with E-state index in [9.17, 15) is 0 Å². The Kier molecular flexibility index (Phi) is 4.59. The second kappa shape index (κ2) is 6.20. The van der Waals surface area contributed by atoms with Crippen LogP contribution in [0.5, 0.6) is 0 Å². The second-order valence-corrected chi connectivity index (χ2v) is 5.74. The van der Waals surface area contributed by atoms with E-state index < -0.39 is 0 Å². The van der Waals surface area contributed by atoms with Gasteiger partial charge in [0.1, 0.15) is 0 Å². The third-order valence-corrected chi connectivity index (χ3v) is 3.85. The third kappa shape index (κ3) is 3.57. The highest BCUT2D eigenvalue weighted by molar-refractivity contribution is 6.04. The fraction of sp³-hybridized carbons (Fsp3) is 0.562. The maximum Gasteiger partial charge on any atom is 0.0680 e. The summed E-state index contributed by atoms with van der Waals surface area (Å²) in [6.07, 6.45) is 3.33. The van der Waals surface area contributed by atoms with E-state index in [0.29, 0.717) is 0 Å². The molecule has 0 saturated carbocycles. The minimum Gasteiger partial charge on any atom is -0.384 e. The van der Waals surface area contributed by atoms with Crippen molar-refractivity contribution in [1.82, 2.24) is 10.6 Å². The Bertz CT molecular complexity index is 433. The number of piperidine rings is 1. The van der Waals surface area contributed by atoms with E-state index in [1.165, 1.54) is 18.4 Å². The first-order valence-corrected chi connectivity index (χ1v) is 7.15. The van der Waals surface area contributed by atoms with E-state index in [1.54, 1.807) is 0 Å². The quantitative estimate of drug-likeness (QED) is 0.814. The van der Waals surface area contributed by atoms with Crippen molar-refractivity contribution in [2.45, 2.75) is 33.1 Å². The third-order valence-electron chi connectivity index (χ3n) is 3.85. The molecule has 0 aromatic rings. The molecule has 2 heterocycles. The van der Waals surface area contributed by atoms with Gasteiger partial charge in [-0.25, -0.2) is 0 Å². The van der Waals surface area contributed by atoms with Crippen LogP contribution < -0.4 is 10.6 Å². The van der Waals surface area contributed by atoms with Gasteiger partial charge in [-0.1, -0.05) is 18.7 Å². The van der Waals surface area contributed by atoms with Crippen LogP contribution in [-0.2, 0) is 0 Å². The van der Waals surface area contributed by atoms with E-state index in [2.05, 4.69) is 42.6 Å². The summed E-state index contributed by atoms with van der Waals surface area (Å²) >= 11 is 0. The van der Waals surface area contributed by atoms with Crippen molar-refractivity contribution in [3.63, 3.8) is 0 Å². The lowest BCUT2D eigenvalue weighted by atomic mass is 9.98. The summed E-state index contributed by atoms with van der Waals surface area (Å²) in [7, 11) is 0. The largest absolute Gasteiger partial charge is 0.384 e. The SMILES string of the molecule is C=C1CC(C(=C)NCC2CCNCC2)=NC1=C(C)C. The first kappa shape index (κ1) is 14.1. The average Bonchev–Trinajstić information content (AvgIpc) is 2.79. The van der Waals surface area contributed by atoms with Crippen LogP contribution in [0.15, 0.2) is 40.7 Å². The first-order chi connectivity index (χ1) is 9.08. The molecule has 0 atom stereocenters. The lowest BCUT2D eigenvalue weighted by Gasteiger charge is -2.23. The molecule has 0 radical (unpaired) electrons. The summed E-state index contributed by atoms with van der Waals surface area (Å²) in [5.74, 6) is 0.756. The van der Waals surface area contributed by atoms with Crippen molar-refractivity contribution in [2.24, 2.45) is 10.9 Å². The Morgan fingerprint density at radius 2 is 2.05 bits per heavy atom. The van der Waals surface area contributed by atoms with Crippen molar-refractivity contribution < 1.29 is 0 Å². The van der Waals surface area contributed by atoms with Crippen LogP contribution in [0.2, 0.25) is 0 Å². The Labute approximate surface area is 116 Å². The lowest BCUT2D eigenvalue weighted by molar-refractivity contribution is 0.367. The molecular formula is C16H25N3. The van der Waals surface area contributed by atoms with E-state index in [4.69, 9.17) is 0 Å². The summed E-state index contributed by atoms with van der Waals surface area (Å²) in [4.78, 5) is 4.65. The average molecular weight is 259 g/mol. The smallest absolute Gasteiger partial charge is 0.0680 e. The van der Waals surface area contributed by atoms with E-state index in [0.717, 1.165) is 54.7 Å². The molecule has 3 nitrogen and oxygen atoms in total. The molecule has 1 fully saturated rings. The fourth-order valence-electron chi connectivity index (χ4n) is 2.63. The number of rotatable bonds is 4. The van der Waals surface area contributed by atoms with Crippen LogP contribution in [0.1, 0.15) is 33.1 Å². The Balaban J connectivity index is 1.89. The number of nitrogens with one attached hydrogen (secondary N) is 2. The van der Waals surface area contributed by atoms with Crippen LogP contribution in [0.4, 0.5) is 0 Å². The van der Waals surface area contributed by atoms with Gasteiger partial charge in [-0.3, -0.25) is 4.99 Å². The van der Waals surface area contributed by atoms with Crippen molar-refractivity contribution in [3.05, 3.63) is 35.7 Å². The van der Waals surface area contributed by atoms with Crippen molar-refractivity contribution >= 4 is 5.71 Å². The van der Waals surface area contributed by atoms with Gasteiger partial charge in [-0.15, -0.1) is 0 Å². The van der Waals surface area contributed by atoms with Crippen LogP contribution in [0.3, 0.4) is 0 Å².